The van der Waals surface area contributed by atoms with Crippen molar-refractivity contribution in [2.75, 3.05) is 0 Å². The van der Waals surface area contributed by atoms with E-state index in [0.29, 0.717) is 0 Å². The average Bonchev–Trinajstić information content (AvgIpc) is 2.87. The Kier molecular flexibility index (Phi) is 2.12. The van der Waals surface area contributed by atoms with Crippen molar-refractivity contribution in [1.82, 2.24) is 4.98 Å². The lowest BCUT2D eigenvalue weighted by molar-refractivity contribution is 0.859. The topological polar surface area (TPSA) is 12.9 Å². The summed E-state index contributed by atoms with van der Waals surface area (Å²) in [6.45, 7) is 2.21. The third-order valence-electron chi connectivity index (χ3n) is 3.57. The summed E-state index contributed by atoms with van der Waals surface area (Å²) < 4.78 is 0. The van der Waals surface area contributed by atoms with Crippen LogP contribution in [-0.4, -0.2) is 4.98 Å². The maximum Gasteiger partial charge on any atom is 0.0658 e. The molecule has 0 bridgehead atoms. The fourth-order valence-corrected chi connectivity index (χ4v) is 2.56. The van der Waals surface area contributed by atoms with E-state index in [1.54, 1.807) is 0 Å². The summed E-state index contributed by atoms with van der Waals surface area (Å²) in [5.74, 6) is 1.87. The van der Waals surface area contributed by atoms with Crippen molar-refractivity contribution in [3.8, 4) is 0 Å². The summed E-state index contributed by atoms with van der Waals surface area (Å²) in [4.78, 5) is 4.57. The first-order valence-corrected chi connectivity index (χ1v) is 6.03. The Balaban J connectivity index is 1.78. The summed E-state index contributed by atoms with van der Waals surface area (Å²) in [6.07, 6.45) is 9.53. The number of pyridine rings is 1. The van der Waals surface area contributed by atoms with E-state index in [2.05, 4.69) is 30.1 Å². The Morgan fingerprint density at radius 1 is 1.40 bits per heavy atom. The SMILES string of the molecule is CCCc1ccc(C2=C[C@@H]3C[C@@H]3C2)nc1. The van der Waals surface area contributed by atoms with Gasteiger partial charge in [0.05, 0.1) is 5.69 Å². The van der Waals surface area contributed by atoms with Crippen LogP contribution in [-0.2, 0) is 6.42 Å². The molecule has 3 rings (SSSR count). The lowest BCUT2D eigenvalue weighted by Crippen LogP contribution is -1.91. The van der Waals surface area contributed by atoms with Gasteiger partial charge in [0, 0.05) is 6.20 Å². The van der Waals surface area contributed by atoms with E-state index in [9.17, 15) is 0 Å². The van der Waals surface area contributed by atoms with E-state index in [1.165, 1.54) is 36.1 Å². The maximum atomic E-state index is 4.57. The first kappa shape index (κ1) is 9.14. The molecule has 1 heterocycles. The highest BCUT2D eigenvalue weighted by Gasteiger charge is 2.40. The normalized spacial score (nSPS) is 27.4. The predicted molar refractivity (Wildman–Crippen MR) is 62.4 cm³/mol. The fraction of sp³-hybridized carbons (Fsp3) is 0.500. The quantitative estimate of drug-likeness (QED) is 0.726. The van der Waals surface area contributed by atoms with Crippen molar-refractivity contribution in [3.63, 3.8) is 0 Å². The molecule has 0 aliphatic heterocycles. The van der Waals surface area contributed by atoms with Gasteiger partial charge in [0.1, 0.15) is 0 Å². The number of aromatic nitrogens is 1. The van der Waals surface area contributed by atoms with Crippen LogP contribution < -0.4 is 0 Å². The molecule has 0 radical (unpaired) electrons. The van der Waals surface area contributed by atoms with E-state index in [0.717, 1.165) is 18.3 Å². The van der Waals surface area contributed by atoms with E-state index in [4.69, 9.17) is 0 Å². The molecular weight excluding hydrogens is 182 g/mol. The van der Waals surface area contributed by atoms with Crippen LogP contribution in [0.5, 0.6) is 0 Å². The van der Waals surface area contributed by atoms with Crippen LogP contribution >= 0.6 is 0 Å². The number of hydrogen-bond donors (Lipinski definition) is 0. The molecule has 1 nitrogen and oxygen atoms in total. The van der Waals surface area contributed by atoms with Gasteiger partial charge in [-0.1, -0.05) is 25.5 Å². The molecule has 2 atom stereocenters. The van der Waals surface area contributed by atoms with Crippen LogP contribution in [0.15, 0.2) is 24.4 Å². The highest BCUT2D eigenvalue weighted by molar-refractivity contribution is 5.67. The molecule has 1 heteroatoms. The highest BCUT2D eigenvalue weighted by Crippen LogP contribution is 2.52. The Bertz CT molecular complexity index is 388. The van der Waals surface area contributed by atoms with Gasteiger partial charge in [-0.3, -0.25) is 4.98 Å². The first-order chi connectivity index (χ1) is 7.36. The summed E-state index contributed by atoms with van der Waals surface area (Å²) >= 11 is 0. The molecule has 1 aromatic heterocycles. The standard InChI is InChI=1S/C14H17N/c1-2-3-10-4-5-14(15-9-10)13-7-11-6-12(11)8-13/h4-5,7,9,11-12H,2-3,6,8H2,1H3/t11-,12+/m0/s1. The smallest absolute Gasteiger partial charge is 0.0658 e. The molecule has 78 valence electrons. The average molecular weight is 199 g/mol. The Morgan fingerprint density at radius 3 is 2.93 bits per heavy atom. The van der Waals surface area contributed by atoms with Crippen molar-refractivity contribution >= 4 is 5.57 Å². The van der Waals surface area contributed by atoms with Crippen LogP contribution in [0.25, 0.3) is 5.57 Å². The summed E-state index contributed by atoms with van der Waals surface area (Å²) in [6, 6.07) is 4.43. The molecule has 0 amide bonds. The highest BCUT2D eigenvalue weighted by atomic mass is 14.7. The van der Waals surface area contributed by atoms with Crippen LogP contribution in [0, 0.1) is 11.8 Å². The Hall–Kier alpha value is -1.11. The summed E-state index contributed by atoms with van der Waals surface area (Å²) in [5.41, 5.74) is 4.06. The van der Waals surface area contributed by atoms with Gasteiger partial charge in [-0.15, -0.1) is 0 Å². The molecule has 0 unspecified atom stereocenters. The van der Waals surface area contributed by atoms with Crippen LogP contribution in [0.4, 0.5) is 0 Å². The molecule has 2 aliphatic carbocycles. The van der Waals surface area contributed by atoms with Gasteiger partial charge >= 0.3 is 0 Å². The molecular formula is C14H17N. The second-order valence-corrected chi connectivity index (χ2v) is 4.86. The zero-order valence-corrected chi connectivity index (χ0v) is 9.24. The number of hydrogen-bond acceptors (Lipinski definition) is 1. The number of rotatable bonds is 3. The molecule has 0 N–H and O–H groups in total. The molecule has 0 spiro atoms. The molecule has 2 aliphatic rings. The fourth-order valence-electron chi connectivity index (χ4n) is 2.56. The van der Waals surface area contributed by atoms with E-state index >= 15 is 0 Å². The van der Waals surface area contributed by atoms with E-state index in [1.807, 2.05) is 6.20 Å². The van der Waals surface area contributed by atoms with Crippen molar-refractivity contribution in [2.45, 2.75) is 32.6 Å². The van der Waals surface area contributed by atoms with Crippen molar-refractivity contribution in [2.24, 2.45) is 11.8 Å². The zero-order chi connectivity index (χ0) is 10.3. The van der Waals surface area contributed by atoms with Crippen molar-refractivity contribution in [1.29, 1.82) is 0 Å². The molecule has 0 aromatic carbocycles. The molecule has 1 saturated carbocycles. The first-order valence-electron chi connectivity index (χ1n) is 6.03. The maximum absolute atomic E-state index is 4.57. The molecule has 15 heavy (non-hydrogen) atoms. The lowest BCUT2D eigenvalue weighted by Gasteiger charge is -2.04. The number of aryl methyl sites for hydroxylation is 1. The minimum atomic E-state index is 0.900. The van der Waals surface area contributed by atoms with Gasteiger partial charge in [0.15, 0.2) is 0 Å². The van der Waals surface area contributed by atoms with Crippen molar-refractivity contribution in [3.05, 3.63) is 35.7 Å². The number of fused-ring (bicyclic) bond motifs is 1. The largest absolute Gasteiger partial charge is 0.256 e. The Morgan fingerprint density at radius 2 is 2.33 bits per heavy atom. The monoisotopic (exact) mass is 199 g/mol. The summed E-state index contributed by atoms with van der Waals surface area (Å²) in [7, 11) is 0. The lowest BCUT2D eigenvalue weighted by atomic mass is 10.1. The summed E-state index contributed by atoms with van der Waals surface area (Å²) in [5, 5.41) is 0. The van der Waals surface area contributed by atoms with Gasteiger partial charge in [-0.25, -0.2) is 0 Å². The van der Waals surface area contributed by atoms with Gasteiger partial charge in [-0.05, 0) is 48.3 Å². The minimum Gasteiger partial charge on any atom is -0.256 e. The predicted octanol–water partition coefficient (Wildman–Crippen LogP) is 3.46. The minimum absolute atomic E-state index is 0.900. The molecule has 1 fully saturated rings. The molecule has 1 aromatic rings. The van der Waals surface area contributed by atoms with Gasteiger partial charge in [0.2, 0.25) is 0 Å². The zero-order valence-electron chi connectivity index (χ0n) is 9.24. The number of allylic oxidation sites excluding steroid dienone is 2. The number of nitrogens with zero attached hydrogens (tertiary/aromatic N) is 1. The van der Waals surface area contributed by atoms with E-state index < -0.39 is 0 Å². The molecule has 0 saturated heterocycles. The Labute approximate surface area is 91.2 Å². The van der Waals surface area contributed by atoms with Crippen LogP contribution in [0.1, 0.15) is 37.4 Å². The van der Waals surface area contributed by atoms with Gasteiger partial charge < -0.3 is 0 Å². The van der Waals surface area contributed by atoms with Crippen LogP contribution in [0.3, 0.4) is 0 Å². The third kappa shape index (κ3) is 1.71. The van der Waals surface area contributed by atoms with Crippen molar-refractivity contribution < 1.29 is 0 Å². The second-order valence-electron chi connectivity index (χ2n) is 4.86. The van der Waals surface area contributed by atoms with E-state index in [-0.39, 0.29) is 0 Å². The third-order valence-corrected chi connectivity index (χ3v) is 3.57. The second kappa shape index (κ2) is 3.48. The van der Waals surface area contributed by atoms with Gasteiger partial charge in [-0.2, -0.15) is 0 Å². The van der Waals surface area contributed by atoms with Gasteiger partial charge in [0.25, 0.3) is 0 Å². The van der Waals surface area contributed by atoms with Crippen LogP contribution in [0.2, 0.25) is 0 Å².